The highest BCUT2D eigenvalue weighted by Crippen LogP contribution is 2.29. The molecule has 0 fully saturated rings. The predicted octanol–water partition coefficient (Wildman–Crippen LogP) is 3.03. The zero-order valence-corrected chi connectivity index (χ0v) is 8.92. The van der Waals surface area contributed by atoms with Gasteiger partial charge in [0.05, 0.1) is 12.2 Å². The van der Waals surface area contributed by atoms with E-state index in [1.165, 1.54) is 5.92 Å². The van der Waals surface area contributed by atoms with E-state index in [1.807, 2.05) is 25.1 Å². The van der Waals surface area contributed by atoms with Crippen molar-refractivity contribution in [2.24, 2.45) is 0 Å². The Bertz CT molecular complexity index is 345. The fraction of sp³-hybridized carbons (Fsp3) is 0.308. The lowest BCUT2D eigenvalue weighted by atomic mass is 9.99. The summed E-state index contributed by atoms with van der Waals surface area (Å²) >= 11 is 0. The molecule has 0 amide bonds. The van der Waals surface area contributed by atoms with Crippen LogP contribution in [0.2, 0.25) is 0 Å². The molecule has 73 valence electrons. The summed E-state index contributed by atoms with van der Waals surface area (Å²) < 4.78 is 5.56. The Labute approximate surface area is 86.1 Å². The van der Waals surface area contributed by atoms with Gasteiger partial charge in [0.15, 0.2) is 0 Å². The van der Waals surface area contributed by atoms with Gasteiger partial charge >= 0.3 is 0 Å². The minimum Gasteiger partial charge on any atom is -0.492 e. The SMILES string of the molecule is C#Cc1cccc([C](C)C)c1OCC. The number of ether oxygens (including phenoxy) is 1. The van der Waals surface area contributed by atoms with Crippen molar-refractivity contribution in [3.05, 3.63) is 35.2 Å². The molecule has 0 spiro atoms. The molecule has 0 aliphatic carbocycles. The highest BCUT2D eigenvalue weighted by Gasteiger charge is 2.10. The highest BCUT2D eigenvalue weighted by molar-refractivity contribution is 5.54. The zero-order chi connectivity index (χ0) is 10.6. The smallest absolute Gasteiger partial charge is 0.138 e. The maximum Gasteiger partial charge on any atom is 0.138 e. The molecule has 1 radical (unpaired) electrons. The van der Waals surface area contributed by atoms with Crippen molar-refractivity contribution in [3.8, 4) is 18.1 Å². The minimum absolute atomic E-state index is 0.638. The van der Waals surface area contributed by atoms with E-state index in [2.05, 4.69) is 19.8 Å². The molecule has 1 aromatic rings. The maximum absolute atomic E-state index is 5.56. The summed E-state index contributed by atoms with van der Waals surface area (Å²) in [7, 11) is 0. The second-order valence-electron chi connectivity index (χ2n) is 3.26. The molecule has 0 saturated heterocycles. The number of hydrogen-bond donors (Lipinski definition) is 0. The molecule has 0 bridgehead atoms. The molecule has 14 heavy (non-hydrogen) atoms. The second-order valence-corrected chi connectivity index (χ2v) is 3.26. The Kier molecular flexibility index (Phi) is 3.59. The largest absolute Gasteiger partial charge is 0.492 e. The van der Waals surface area contributed by atoms with Gasteiger partial charge in [-0.25, -0.2) is 0 Å². The first-order chi connectivity index (χ1) is 6.70. The van der Waals surface area contributed by atoms with Gasteiger partial charge in [-0.15, -0.1) is 6.42 Å². The summed E-state index contributed by atoms with van der Waals surface area (Å²) in [5.74, 6) is 4.68. The molecular formula is C13H15O. The molecule has 0 heterocycles. The minimum atomic E-state index is 0.638. The lowest BCUT2D eigenvalue weighted by molar-refractivity contribution is 0.336. The Morgan fingerprint density at radius 2 is 2.14 bits per heavy atom. The molecule has 0 unspecified atom stereocenters. The average Bonchev–Trinajstić information content (AvgIpc) is 2.18. The van der Waals surface area contributed by atoms with Crippen LogP contribution in [0, 0.1) is 18.3 Å². The third-order valence-electron chi connectivity index (χ3n) is 2.00. The van der Waals surface area contributed by atoms with Gasteiger partial charge in [-0.1, -0.05) is 31.9 Å². The summed E-state index contributed by atoms with van der Waals surface area (Å²) in [6, 6.07) is 5.89. The normalized spacial score (nSPS) is 9.93. The topological polar surface area (TPSA) is 9.23 Å². The number of benzene rings is 1. The van der Waals surface area contributed by atoms with Crippen molar-refractivity contribution in [2.75, 3.05) is 6.61 Å². The van der Waals surface area contributed by atoms with Crippen molar-refractivity contribution in [1.29, 1.82) is 0 Å². The Morgan fingerprint density at radius 3 is 2.64 bits per heavy atom. The molecule has 0 N–H and O–H groups in total. The molecule has 1 aromatic carbocycles. The monoisotopic (exact) mass is 187 g/mol. The first-order valence-electron chi connectivity index (χ1n) is 4.73. The van der Waals surface area contributed by atoms with E-state index in [0.717, 1.165) is 16.9 Å². The van der Waals surface area contributed by atoms with Gasteiger partial charge in [0, 0.05) is 11.5 Å². The molecular weight excluding hydrogens is 172 g/mol. The van der Waals surface area contributed by atoms with Gasteiger partial charge in [-0.3, -0.25) is 0 Å². The van der Waals surface area contributed by atoms with E-state index < -0.39 is 0 Å². The van der Waals surface area contributed by atoms with Gasteiger partial charge in [-0.05, 0) is 13.0 Å². The van der Waals surface area contributed by atoms with Crippen LogP contribution in [-0.4, -0.2) is 6.61 Å². The average molecular weight is 187 g/mol. The number of hydrogen-bond acceptors (Lipinski definition) is 1. The third kappa shape index (κ3) is 2.09. The lowest BCUT2D eigenvalue weighted by Crippen LogP contribution is -2.00. The van der Waals surface area contributed by atoms with E-state index in [4.69, 9.17) is 11.2 Å². The summed E-state index contributed by atoms with van der Waals surface area (Å²) in [4.78, 5) is 0. The van der Waals surface area contributed by atoms with Crippen LogP contribution >= 0.6 is 0 Å². The molecule has 0 aromatic heterocycles. The predicted molar refractivity (Wildman–Crippen MR) is 59.2 cm³/mol. The van der Waals surface area contributed by atoms with Crippen LogP contribution in [-0.2, 0) is 0 Å². The van der Waals surface area contributed by atoms with Crippen molar-refractivity contribution in [3.63, 3.8) is 0 Å². The fourth-order valence-electron chi connectivity index (χ4n) is 1.34. The first kappa shape index (κ1) is 10.7. The molecule has 0 aliphatic rings. The van der Waals surface area contributed by atoms with E-state index in [-0.39, 0.29) is 0 Å². The van der Waals surface area contributed by atoms with Crippen LogP contribution in [0.5, 0.6) is 5.75 Å². The van der Waals surface area contributed by atoms with Gasteiger partial charge in [-0.2, -0.15) is 0 Å². The van der Waals surface area contributed by atoms with Crippen LogP contribution in [0.4, 0.5) is 0 Å². The lowest BCUT2D eigenvalue weighted by Gasteiger charge is -2.14. The first-order valence-corrected chi connectivity index (χ1v) is 4.73. The standard InChI is InChI=1S/C13H15O/c1-5-11-8-7-9-12(10(3)4)13(11)14-6-2/h1,7-9H,6H2,2-4H3. The maximum atomic E-state index is 5.56. The Hall–Kier alpha value is -1.42. The Balaban J connectivity index is 3.22. The van der Waals surface area contributed by atoms with Gasteiger partial charge < -0.3 is 4.74 Å². The van der Waals surface area contributed by atoms with E-state index in [1.54, 1.807) is 0 Å². The fourth-order valence-corrected chi connectivity index (χ4v) is 1.34. The van der Waals surface area contributed by atoms with Gasteiger partial charge in [0.1, 0.15) is 5.75 Å². The van der Waals surface area contributed by atoms with Crippen molar-refractivity contribution >= 4 is 0 Å². The molecule has 0 aliphatic heterocycles. The van der Waals surface area contributed by atoms with E-state index >= 15 is 0 Å². The molecule has 0 atom stereocenters. The summed E-state index contributed by atoms with van der Waals surface area (Å²) in [5.41, 5.74) is 1.92. The summed E-state index contributed by atoms with van der Waals surface area (Å²) in [6.07, 6.45) is 5.41. The molecule has 0 saturated carbocycles. The van der Waals surface area contributed by atoms with Gasteiger partial charge in [0.25, 0.3) is 0 Å². The van der Waals surface area contributed by atoms with Crippen LogP contribution < -0.4 is 4.74 Å². The number of terminal acetylenes is 1. The number of rotatable bonds is 3. The highest BCUT2D eigenvalue weighted by atomic mass is 16.5. The molecule has 1 nitrogen and oxygen atoms in total. The van der Waals surface area contributed by atoms with Crippen molar-refractivity contribution in [1.82, 2.24) is 0 Å². The zero-order valence-electron chi connectivity index (χ0n) is 8.92. The van der Waals surface area contributed by atoms with Crippen molar-refractivity contribution in [2.45, 2.75) is 20.8 Å². The van der Waals surface area contributed by atoms with Gasteiger partial charge in [0.2, 0.25) is 0 Å². The second kappa shape index (κ2) is 4.72. The van der Waals surface area contributed by atoms with Crippen LogP contribution in [0.15, 0.2) is 18.2 Å². The van der Waals surface area contributed by atoms with Crippen molar-refractivity contribution < 1.29 is 4.74 Å². The van der Waals surface area contributed by atoms with Crippen LogP contribution in [0.1, 0.15) is 31.9 Å². The summed E-state index contributed by atoms with van der Waals surface area (Å²) in [6.45, 7) is 6.71. The van der Waals surface area contributed by atoms with E-state index in [0.29, 0.717) is 6.61 Å². The number of para-hydroxylation sites is 1. The Morgan fingerprint density at radius 1 is 1.43 bits per heavy atom. The summed E-state index contributed by atoms with van der Waals surface area (Å²) in [5, 5.41) is 0. The quantitative estimate of drug-likeness (QED) is 0.661. The third-order valence-corrected chi connectivity index (χ3v) is 2.00. The molecule has 1 rings (SSSR count). The molecule has 1 heteroatoms. The van der Waals surface area contributed by atoms with Crippen LogP contribution in [0.25, 0.3) is 0 Å². The van der Waals surface area contributed by atoms with Crippen LogP contribution in [0.3, 0.4) is 0 Å². The van der Waals surface area contributed by atoms with E-state index in [9.17, 15) is 0 Å².